The van der Waals surface area contributed by atoms with Crippen molar-refractivity contribution in [2.45, 2.75) is 19.4 Å². The monoisotopic (exact) mass is 166 g/mol. The van der Waals surface area contributed by atoms with E-state index < -0.39 is 0 Å². The smallest absolute Gasteiger partial charge is 0.132 e. The highest BCUT2D eigenvalue weighted by Gasteiger charge is 2.18. The average molecular weight is 166 g/mol. The number of aromatic nitrogens is 3. The Kier molecular flexibility index (Phi) is 2.08. The third-order valence-electron chi connectivity index (χ3n) is 2.42. The Labute approximate surface area is 72.0 Å². The number of hydrogen-bond acceptors (Lipinski definition) is 3. The first kappa shape index (κ1) is 7.73. The second-order valence-corrected chi connectivity index (χ2v) is 3.36. The first-order chi connectivity index (χ1) is 5.90. The van der Waals surface area contributed by atoms with Gasteiger partial charge in [-0.2, -0.15) is 0 Å². The van der Waals surface area contributed by atoms with Crippen molar-refractivity contribution in [3.8, 4) is 0 Å². The van der Waals surface area contributed by atoms with Crippen molar-refractivity contribution in [3.63, 3.8) is 0 Å². The highest BCUT2D eigenvalue weighted by molar-refractivity contribution is 4.91. The fraction of sp³-hybridized carbons (Fsp3) is 0.750. The van der Waals surface area contributed by atoms with Crippen molar-refractivity contribution < 1.29 is 0 Å². The van der Waals surface area contributed by atoms with E-state index in [-0.39, 0.29) is 0 Å². The van der Waals surface area contributed by atoms with Gasteiger partial charge in [-0.1, -0.05) is 0 Å². The molecule has 2 rings (SSSR count). The number of aryl methyl sites for hydroxylation is 1. The third-order valence-corrected chi connectivity index (χ3v) is 2.42. The van der Waals surface area contributed by atoms with Gasteiger partial charge >= 0.3 is 0 Å². The molecule has 1 atom stereocenters. The molecule has 2 heterocycles. The minimum atomic E-state index is 0.749. The Balaban J connectivity index is 2.05. The fourth-order valence-electron chi connectivity index (χ4n) is 1.78. The topological polar surface area (TPSA) is 42.7 Å². The van der Waals surface area contributed by atoms with E-state index in [1.807, 2.05) is 13.4 Å². The van der Waals surface area contributed by atoms with Crippen molar-refractivity contribution in [2.75, 3.05) is 13.6 Å². The quantitative estimate of drug-likeness (QED) is 0.675. The van der Waals surface area contributed by atoms with Gasteiger partial charge in [-0.05, 0) is 25.9 Å². The summed E-state index contributed by atoms with van der Waals surface area (Å²) in [4.78, 5) is 0. The lowest BCUT2D eigenvalue weighted by atomic mass is 10.00. The Morgan fingerprint density at radius 2 is 2.67 bits per heavy atom. The molecule has 0 fully saturated rings. The lowest BCUT2D eigenvalue weighted by molar-refractivity contribution is 0.356. The zero-order valence-electron chi connectivity index (χ0n) is 7.32. The van der Waals surface area contributed by atoms with Gasteiger partial charge in [0.1, 0.15) is 12.2 Å². The lowest BCUT2D eigenvalue weighted by Gasteiger charge is -2.22. The van der Waals surface area contributed by atoms with Gasteiger partial charge in [0.05, 0.1) is 0 Å². The first-order valence-corrected chi connectivity index (χ1v) is 4.41. The Morgan fingerprint density at radius 3 is 3.50 bits per heavy atom. The molecular weight excluding hydrogens is 152 g/mol. The van der Waals surface area contributed by atoms with Gasteiger partial charge < -0.3 is 9.88 Å². The van der Waals surface area contributed by atoms with Crippen LogP contribution < -0.4 is 5.32 Å². The molecule has 1 aliphatic rings. The maximum absolute atomic E-state index is 4.04. The van der Waals surface area contributed by atoms with E-state index >= 15 is 0 Å². The molecule has 4 nitrogen and oxygen atoms in total. The summed E-state index contributed by atoms with van der Waals surface area (Å²) < 4.78 is 2.16. The summed E-state index contributed by atoms with van der Waals surface area (Å²) in [7, 11) is 2.00. The lowest BCUT2D eigenvalue weighted by Crippen LogP contribution is -2.27. The molecule has 0 amide bonds. The van der Waals surface area contributed by atoms with Gasteiger partial charge in [0, 0.05) is 13.0 Å². The molecule has 4 heteroatoms. The first-order valence-electron chi connectivity index (χ1n) is 4.41. The molecule has 1 aromatic heterocycles. The molecule has 0 bridgehead atoms. The maximum atomic E-state index is 4.04. The van der Waals surface area contributed by atoms with Gasteiger partial charge in [0.2, 0.25) is 0 Å². The zero-order chi connectivity index (χ0) is 8.39. The van der Waals surface area contributed by atoms with Gasteiger partial charge in [0.25, 0.3) is 0 Å². The second kappa shape index (κ2) is 3.23. The molecule has 1 aliphatic heterocycles. The van der Waals surface area contributed by atoms with Gasteiger partial charge in [-0.3, -0.25) is 0 Å². The normalized spacial score (nSPS) is 22.2. The minimum Gasteiger partial charge on any atom is -0.319 e. The van der Waals surface area contributed by atoms with Crippen molar-refractivity contribution in [3.05, 3.63) is 12.2 Å². The van der Waals surface area contributed by atoms with Crippen LogP contribution in [-0.2, 0) is 13.0 Å². The maximum Gasteiger partial charge on any atom is 0.132 e. The van der Waals surface area contributed by atoms with E-state index in [1.54, 1.807) is 0 Å². The summed E-state index contributed by atoms with van der Waals surface area (Å²) in [6.07, 6.45) is 4.14. The molecule has 0 unspecified atom stereocenters. The van der Waals surface area contributed by atoms with Crippen molar-refractivity contribution >= 4 is 0 Å². The van der Waals surface area contributed by atoms with Crippen LogP contribution >= 0.6 is 0 Å². The molecule has 66 valence electrons. The summed E-state index contributed by atoms with van der Waals surface area (Å²) >= 11 is 0. The molecule has 0 saturated heterocycles. The molecule has 0 spiro atoms. The summed E-state index contributed by atoms with van der Waals surface area (Å²) in [5.41, 5.74) is 0. The molecule has 0 aliphatic carbocycles. The highest BCUT2D eigenvalue weighted by atomic mass is 15.3. The average Bonchev–Trinajstić information content (AvgIpc) is 2.51. The van der Waals surface area contributed by atoms with E-state index in [2.05, 4.69) is 20.1 Å². The number of nitrogens with zero attached hydrogens (tertiary/aromatic N) is 3. The molecule has 1 N–H and O–H groups in total. The standard InChI is InChI=1S/C8H14N4/c1-9-4-7-2-3-8-11-10-6-12(8)5-7/h6-7,9H,2-5H2,1H3/t7-/m1/s1. The Hall–Kier alpha value is -0.900. The van der Waals surface area contributed by atoms with E-state index in [1.165, 1.54) is 6.42 Å². The van der Waals surface area contributed by atoms with Crippen molar-refractivity contribution in [1.82, 2.24) is 20.1 Å². The van der Waals surface area contributed by atoms with Crippen LogP contribution in [0.4, 0.5) is 0 Å². The summed E-state index contributed by atoms with van der Waals surface area (Å²) in [6.45, 7) is 2.17. The van der Waals surface area contributed by atoms with Gasteiger partial charge in [-0.15, -0.1) is 10.2 Å². The fourth-order valence-corrected chi connectivity index (χ4v) is 1.78. The largest absolute Gasteiger partial charge is 0.319 e. The van der Waals surface area contributed by atoms with Crippen LogP contribution in [0, 0.1) is 5.92 Å². The second-order valence-electron chi connectivity index (χ2n) is 3.36. The Bertz CT molecular complexity index is 255. The number of hydrogen-bond donors (Lipinski definition) is 1. The Morgan fingerprint density at radius 1 is 1.75 bits per heavy atom. The summed E-state index contributed by atoms with van der Waals surface area (Å²) in [5, 5.41) is 11.1. The molecule has 0 radical (unpaired) electrons. The van der Waals surface area contributed by atoms with E-state index in [0.29, 0.717) is 0 Å². The summed E-state index contributed by atoms with van der Waals surface area (Å²) in [6, 6.07) is 0. The third kappa shape index (κ3) is 1.34. The van der Waals surface area contributed by atoms with Crippen molar-refractivity contribution in [1.29, 1.82) is 0 Å². The van der Waals surface area contributed by atoms with Gasteiger partial charge in [0.15, 0.2) is 0 Å². The van der Waals surface area contributed by atoms with Crippen LogP contribution in [-0.4, -0.2) is 28.4 Å². The molecule has 0 saturated carbocycles. The van der Waals surface area contributed by atoms with Crippen LogP contribution in [0.25, 0.3) is 0 Å². The van der Waals surface area contributed by atoms with Crippen LogP contribution in [0.5, 0.6) is 0 Å². The van der Waals surface area contributed by atoms with E-state index in [9.17, 15) is 0 Å². The van der Waals surface area contributed by atoms with Crippen molar-refractivity contribution in [2.24, 2.45) is 5.92 Å². The van der Waals surface area contributed by atoms with Crippen LogP contribution in [0.1, 0.15) is 12.2 Å². The molecule has 0 aromatic carbocycles. The number of fused-ring (bicyclic) bond motifs is 1. The minimum absolute atomic E-state index is 0.749. The molecular formula is C8H14N4. The van der Waals surface area contributed by atoms with E-state index in [4.69, 9.17) is 0 Å². The molecule has 1 aromatic rings. The summed E-state index contributed by atoms with van der Waals surface area (Å²) in [5.74, 6) is 1.89. The van der Waals surface area contributed by atoms with Crippen LogP contribution in [0.3, 0.4) is 0 Å². The number of rotatable bonds is 2. The number of nitrogens with one attached hydrogen (secondary N) is 1. The predicted molar refractivity (Wildman–Crippen MR) is 45.8 cm³/mol. The SMILES string of the molecule is CNC[C@H]1CCc2nncn2C1. The zero-order valence-corrected chi connectivity index (χ0v) is 7.32. The van der Waals surface area contributed by atoms with E-state index in [0.717, 1.165) is 31.3 Å². The van der Waals surface area contributed by atoms with Crippen LogP contribution in [0.15, 0.2) is 6.33 Å². The van der Waals surface area contributed by atoms with Gasteiger partial charge in [-0.25, -0.2) is 0 Å². The van der Waals surface area contributed by atoms with Crippen LogP contribution in [0.2, 0.25) is 0 Å². The predicted octanol–water partition coefficient (Wildman–Crippen LogP) is 0.0599. The highest BCUT2D eigenvalue weighted by Crippen LogP contribution is 2.16. The molecule has 12 heavy (non-hydrogen) atoms.